The van der Waals surface area contributed by atoms with Crippen LogP contribution >= 0.6 is 0 Å². The van der Waals surface area contributed by atoms with Crippen molar-refractivity contribution in [3.05, 3.63) is 30.0 Å². The Bertz CT molecular complexity index is 861. The summed E-state index contributed by atoms with van der Waals surface area (Å²) in [6, 6.07) is 8.28. The van der Waals surface area contributed by atoms with Crippen molar-refractivity contribution in [3.8, 4) is 0 Å². The number of fused-ring (bicyclic) bond motifs is 3. The van der Waals surface area contributed by atoms with Gasteiger partial charge in [0.1, 0.15) is 5.52 Å². The molecule has 3 aromatic rings. The lowest BCUT2D eigenvalue weighted by molar-refractivity contribution is 0.364. The van der Waals surface area contributed by atoms with Crippen molar-refractivity contribution >= 4 is 27.6 Å². The van der Waals surface area contributed by atoms with E-state index in [0.29, 0.717) is 5.82 Å². The number of hydrogen-bond donors (Lipinski definition) is 2. The van der Waals surface area contributed by atoms with Crippen molar-refractivity contribution in [1.29, 1.82) is 0 Å². The fourth-order valence-corrected chi connectivity index (χ4v) is 3.89. The SMILES string of the molecule is CCCn1nc2c(N)nc3ccccc3c2c1CC1CCNCC1. The number of para-hydroxylation sites is 1. The van der Waals surface area contributed by atoms with Crippen LogP contribution in [0, 0.1) is 5.92 Å². The average Bonchev–Trinajstić information content (AvgIpc) is 2.96. The van der Waals surface area contributed by atoms with Gasteiger partial charge in [0.05, 0.1) is 5.52 Å². The van der Waals surface area contributed by atoms with Crippen LogP contribution in [0.15, 0.2) is 24.3 Å². The Balaban J connectivity index is 1.91. The van der Waals surface area contributed by atoms with Gasteiger partial charge < -0.3 is 11.1 Å². The Labute approximate surface area is 142 Å². The molecule has 1 aromatic carbocycles. The maximum Gasteiger partial charge on any atom is 0.152 e. The Kier molecular flexibility index (Phi) is 4.10. The van der Waals surface area contributed by atoms with E-state index in [4.69, 9.17) is 10.8 Å². The topological polar surface area (TPSA) is 68.8 Å². The molecule has 1 fully saturated rings. The van der Waals surface area contributed by atoms with Gasteiger partial charge in [0.2, 0.25) is 0 Å². The van der Waals surface area contributed by atoms with Gasteiger partial charge in [-0.2, -0.15) is 5.10 Å². The van der Waals surface area contributed by atoms with Gasteiger partial charge in [-0.3, -0.25) is 4.68 Å². The van der Waals surface area contributed by atoms with Crippen LogP contribution in [0.5, 0.6) is 0 Å². The summed E-state index contributed by atoms with van der Waals surface area (Å²) in [6.07, 6.45) is 4.61. The normalized spacial score (nSPS) is 16.2. The maximum atomic E-state index is 6.24. The molecule has 3 N–H and O–H groups in total. The number of rotatable bonds is 4. The smallest absolute Gasteiger partial charge is 0.152 e. The summed E-state index contributed by atoms with van der Waals surface area (Å²) in [6.45, 7) is 5.37. The van der Waals surface area contributed by atoms with Gasteiger partial charge in [-0.1, -0.05) is 25.1 Å². The molecule has 0 unspecified atom stereocenters. The molecular weight excluding hydrogens is 298 g/mol. The van der Waals surface area contributed by atoms with Gasteiger partial charge >= 0.3 is 0 Å². The molecule has 0 radical (unpaired) electrons. The number of hydrogen-bond acceptors (Lipinski definition) is 4. The van der Waals surface area contributed by atoms with Crippen LogP contribution in [-0.2, 0) is 13.0 Å². The molecule has 0 bridgehead atoms. The van der Waals surface area contributed by atoms with E-state index in [9.17, 15) is 0 Å². The highest BCUT2D eigenvalue weighted by atomic mass is 15.3. The van der Waals surface area contributed by atoms with Crippen molar-refractivity contribution in [1.82, 2.24) is 20.1 Å². The van der Waals surface area contributed by atoms with Crippen molar-refractivity contribution in [2.45, 2.75) is 39.2 Å². The van der Waals surface area contributed by atoms with Gasteiger partial charge in [-0.25, -0.2) is 4.98 Å². The van der Waals surface area contributed by atoms with Gasteiger partial charge in [0.15, 0.2) is 5.82 Å². The lowest BCUT2D eigenvalue weighted by atomic mass is 9.91. The molecule has 0 spiro atoms. The second-order valence-electron chi connectivity index (χ2n) is 6.81. The predicted molar refractivity (Wildman–Crippen MR) is 99.0 cm³/mol. The van der Waals surface area contributed by atoms with Crippen LogP contribution in [0.3, 0.4) is 0 Å². The molecule has 5 nitrogen and oxygen atoms in total. The summed E-state index contributed by atoms with van der Waals surface area (Å²) in [4.78, 5) is 4.56. The van der Waals surface area contributed by atoms with Crippen molar-refractivity contribution < 1.29 is 0 Å². The standard InChI is InChI=1S/C19H25N5/c1-2-11-24-16(12-13-7-9-21-10-8-13)17-14-5-3-4-6-15(14)22-19(20)18(17)23-24/h3-6,13,21H,2,7-12H2,1H3,(H2,20,22). The number of anilines is 1. The van der Waals surface area contributed by atoms with Gasteiger partial charge in [-0.05, 0) is 50.8 Å². The summed E-state index contributed by atoms with van der Waals surface area (Å²) in [5, 5.41) is 10.7. The molecule has 0 saturated carbocycles. The molecule has 24 heavy (non-hydrogen) atoms. The predicted octanol–water partition coefficient (Wildman–Crippen LogP) is 3.12. The number of nitrogens with two attached hydrogens (primary N) is 1. The van der Waals surface area contributed by atoms with Gasteiger partial charge in [0, 0.05) is 23.0 Å². The van der Waals surface area contributed by atoms with Crippen molar-refractivity contribution in [2.75, 3.05) is 18.8 Å². The van der Waals surface area contributed by atoms with E-state index in [1.54, 1.807) is 0 Å². The number of nitrogens with zero attached hydrogens (tertiary/aromatic N) is 3. The quantitative estimate of drug-likeness (QED) is 0.774. The van der Waals surface area contributed by atoms with Crippen LogP contribution in [0.1, 0.15) is 31.9 Å². The zero-order chi connectivity index (χ0) is 16.5. The van der Waals surface area contributed by atoms with E-state index < -0.39 is 0 Å². The molecule has 4 rings (SSSR count). The van der Waals surface area contributed by atoms with E-state index in [1.165, 1.54) is 29.3 Å². The number of benzene rings is 1. The molecule has 1 aliphatic rings. The zero-order valence-electron chi connectivity index (χ0n) is 14.3. The first-order valence-corrected chi connectivity index (χ1v) is 9.02. The molecule has 126 valence electrons. The molecule has 1 saturated heterocycles. The Morgan fingerprint density at radius 1 is 1.25 bits per heavy atom. The fourth-order valence-electron chi connectivity index (χ4n) is 3.89. The number of aromatic nitrogens is 3. The lowest BCUT2D eigenvalue weighted by Gasteiger charge is -2.23. The number of nitrogens with one attached hydrogen (secondary N) is 1. The van der Waals surface area contributed by atoms with Crippen LogP contribution in [0.4, 0.5) is 5.82 Å². The zero-order valence-corrected chi connectivity index (χ0v) is 14.3. The summed E-state index contributed by atoms with van der Waals surface area (Å²) in [7, 11) is 0. The minimum absolute atomic E-state index is 0.546. The summed E-state index contributed by atoms with van der Waals surface area (Å²) in [5.41, 5.74) is 9.40. The molecular formula is C19H25N5. The summed E-state index contributed by atoms with van der Waals surface area (Å²) >= 11 is 0. The second kappa shape index (κ2) is 6.40. The molecule has 0 amide bonds. The number of pyridine rings is 1. The van der Waals surface area contributed by atoms with E-state index in [1.807, 2.05) is 12.1 Å². The Morgan fingerprint density at radius 3 is 2.83 bits per heavy atom. The van der Waals surface area contributed by atoms with Crippen LogP contribution in [-0.4, -0.2) is 27.9 Å². The highest BCUT2D eigenvalue weighted by molar-refractivity contribution is 6.09. The number of piperidine rings is 1. The van der Waals surface area contributed by atoms with E-state index in [2.05, 4.69) is 34.0 Å². The highest BCUT2D eigenvalue weighted by Crippen LogP contribution is 2.32. The van der Waals surface area contributed by atoms with E-state index in [0.717, 1.165) is 49.4 Å². The monoisotopic (exact) mass is 323 g/mol. The van der Waals surface area contributed by atoms with Crippen LogP contribution < -0.4 is 11.1 Å². The van der Waals surface area contributed by atoms with E-state index >= 15 is 0 Å². The van der Waals surface area contributed by atoms with Crippen LogP contribution in [0.25, 0.3) is 21.8 Å². The summed E-state index contributed by atoms with van der Waals surface area (Å²) < 4.78 is 2.18. The average molecular weight is 323 g/mol. The second-order valence-corrected chi connectivity index (χ2v) is 6.81. The summed E-state index contributed by atoms with van der Waals surface area (Å²) in [5.74, 6) is 1.26. The molecule has 0 aliphatic carbocycles. The Morgan fingerprint density at radius 2 is 2.04 bits per heavy atom. The first-order chi connectivity index (χ1) is 11.8. The molecule has 5 heteroatoms. The first kappa shape index (κ1) is 15.4. The fraction of sp³-hybridized carbons (Fsp3) is 0.474. The molecule has 2 aromatic heterocycles. The lowest BCUT2D eigenvalue weighted by Crippen LogP contribution is -2.29. The van der Waals surface area contributed by atoms with Crippen molar-refractivity contribution in [2.24, 2.45) is 5.92 Å². The number of aryl methyl sites for hydroxylation is 1. The molecule has 1 aliphatic heterocycles. The molecule has 0 atom stereocenters. The minimum atomic E-state index is 0.546. The first-order valence-electron chi connectivity index (χ1n) is 9.02. The number of nitrogen functional groups attached to an aromatic ring is 1. The van der Waals surface area contributed by atoms with Gasteiger partial charge in [0.25, 0.3) is 0 Å². The molecule has 3 heterocycles. The minimum Gasteiger partial charge on any atom is -0.382 e. The van der Waals surface area contributed by atoms with Crippen LogP contribution in [0.2, 0.25) is 0 Å². The highest BCUT2D eigenvalue weighted by Gasteiger charge is 2.21. The van der Waals surface area contributed by atoms with Gasteiger partial charge in [-0.15, -0.1) is 0 Å². The third-order valence-electron chi connectivity index (χ3n) is 5.09. The van der Waals surface area contributed by atoms with E-state index in [-0.39, 0.29) is 0 Å². The van der Waals surface area contributed by atoms with Crippen molar-refractivity contribution in [3.63, 3.8) is 0 Å². The Hall–Kier alpha value is -2.14. The third kappa shape index (κ3) is 2.63. The maximum absolute atomic E-state index is 6.24. The third-order valence-corrected chi connectivity index (χ3v) is 5.09. The largest absolute Gasteiger partial charge is 0.382 e.